The Kier molecular flexibility index (Phi) is 1.71. The van der Waals surface area contributed by atoms with Crippen molar-refractivity contribution in [2.24, 2.45) is 5.92 Å². The van der Waals surface area contributed by atoms with Crippen LogP contribution in [0.3, 0.4) is 0 Å². The highest BCUT2D eigenvalue weighted by Crippen LogP contribution is 2.56. The van der Waals surface area contributed by atoms with Crippen LogP contribution >= 0.6 is 0 Å². The molecule has 0 aromatic heterocycles. The molecule has 0 aliphatic heterocycles. The molecule has 1 spiro atoms. The molecule has 15 heavy (non-hydrogen) atoms. The van der Waals surface area contributed by atoms with Crippen LogP contribution in [-0.4, -0.2) is 0 Å². The van der Waals surface area contributed by atoms with Crippen molar-refractivity contribution < 1.29 is 0 Å². The van der Waals surface area contributed by atoms with Crippen molar-refractivity contribution in [1.29, 1.82) is 5.26 Å². The highest BCUT2D eigenvalue weighted by Gasteiger charge is 2.51. The summed E-state index contributed by atoms with van der Waals surface area (Å²) in [4.78, 5) is 0. The average Bonchev–Trinajstić information content (AvgIpc) is 2.57. The zero-order chi connectivity index (χ0) is 10.5. The number of benzene rings is 1. The van der Waals surface area contributed by atoms with Crippen LogP contribution in [0, 0.1) is 24.2 Å². The fraction of sp³-hybridized carbons (Fsp3) is 0.500. The maximum atomic E-state index is 9.16. The third kappa shape index (κ3) is 1.03. The van der Waals surface area contributed by atoms with E-state index in [2.05, 4.69) is 31.2 Å². The molecule has 1 heteroatoms. The van der Waals surface area contributed by atoms with Crippen LogP contribution < -0.4 is 0 Å². The highest BCUT2D eigenvalue weighted by atomic mass is 14.5. The molecule has 1 aromatic carbocycles. The highest BCUT2D eigenvalue weighted by molar-refractivity contribution is 5.45. The van der Waals surface area contributed by atoms with E-state index in [9.17, 15) is 0 Å². The van der Waals surface area contributed by atoms with Crippen LogP contribution in [0.4, 0.5) is 0 Å². The molecule has 0 N–H and O–H groups in total. The standard InChI is InChI=1S/C14H15N/c1-10-2-3-11-4-6-14(13(11)8-10)7-5-12(14)9-15/h2-3,8,12H,4-7H2,1H3/t12-,14-/m0/s1. The Morgan fingerprint density at radius 1 is 1.40 bits per heavy atom. The average molecular weight is 197 g/mol. The Hall–Kier alpha value is -1.29. The van der Waals surface area contributed by atoms with Gasteiger partial charge in [0, 0.05) is 5.41 Å². The maximum Gasteiger partial charge on any atom is 0.0665 e. The Balaban J connectivity index is 2.12. The second kappa shape index (κ2) is 2.85. The van der Waals surface area contributed by atoms with E-state index in [1.165, 1.54) is 36.0 Å². The number of aryl methyl sites for hydroxylation is 2. The lowest BCUT2D eigenvalue weighted by molar-refractivity contribution is 0.171. The fourth-order valence-corrected chi connectivity index (χ4v) is 3.31. The van der Waals surface area contributed by atoms with E-state index in [0.29, 0.717) is 0 Å². The second-order valence-corrected chi connectivity index (χ2v) is 5.04. The molecule has 1 fully saturated rings. The van der Waals surface area contributed by atoms with Gasteiger partial charge in [-0.3, -0.25) is 0 Å². The van der Waals surface area contributed by atoms with Crippen LogP contribution in [0.15, 0.2) is 18.2 Å². The zero-order valence-electron chi connectivity index (χ0n) is 9.09. The minimum atomic E-state index is 0.246. The molecule has 2 aliphatic carbocycles. The summed E-state index contributed by atoms with van der Waals surface area (Å²) in [5, 5.41) is 9.16. The van der Waals surface area contributed by atoms with E-state index >= 15 is 0 Å². The van der Waals surface area contributed by atoms with E-state index in [1.807, 2.05) is 0 Å². The third-order valence-electron chi connectivity index (χ3n) is 4.34. The van der Waals surface area contributed by atoms with Crippen molar-refractivity contribution in [3.05, 3.63) is 34.9 Å². The summed E-state index contributed by atoms with van der Waals surface area (Å²) in [7, 11) is 0. The fourth-order valence-electron chi connectivity index (χ4n) is 3.31. The predicted molar refractivity (Wildman–Crippen MR) is 59.5 cm³/mol. The summed E-state index contributed by atoms with van der Waals surface area (Å²) < 4.78 is 0. The summed E-state index contributed by atoms with van der Waals surface area (Å²) in [6.45, 7) is 2.15. The van der Waals surface area contributed by atoms with E-state index in [-0.39, 0.29) is 11.3 Å². The monoisotopic (exact) mass is 197 g/mol. The molecule has 1 nitrogen and oxygen atoms in total. The summed E-state index contributed by atoms with van der Waals surface area (Å²) in [6.07, 6.45) is 4.70. The Bertz CT molecular complexity index is 455. The van der Waals surface area contributed by atoms with Gasteiger partial charge in [-0.25, -0.2) is 0 Å². The summed E-state index contributed by atoms with van der Waals surface area (Å²) in [5.41, 5.74) is 4.55. The van der Waals surface area contributed by atoms with Crippen molar-refractivity contribution in [1.82, 2.24) is 0 Å². The Morgan fingerprint density at radius 2 is 2.27 bits per heavy atom. The number of hydrogen-bond donors (Lipinski definition) is 0. The van der Waals surface area contributed by atoms with Crippen LogP contribution in [0.2, 0.25) is 0 Å². The van der Waals surface area contributed by atoms with Crippen LogP contribution in [0.5, 0.6) is 0 Å². The Morgan fingerprint density at radius 3 is 2.93 bits per heavy atom. The first-order chi connectivity index (χ1) is 7.26. The van der Waals surface area contributed by atoms with Crippen molar-refractivity contribution in [3.63, 3.8) is 0 Å². The van der Waals surface area contributed by atoms with Gasteiger partial charge < -0.3 is 0 Å². The molecule has 0 unspecified atom stereocenters. The number of fused-ring (bicyclic) bond motifs is 2. The summed E-state index contributed by atoms with van der Waals surface area (Å²) in [6, 6.07) is 9.25. The van der Waals surface area contributed by atoms with Crippen molar-refractivity contribution in [2.75, 3.05) is 0 Å². The first-order valence-corrected chi connectivity index (χ1v) is 5.76. The minimum Gasteiger partial charge on any atom is -0.198 e. The molecular formula is C14H15N. The molecule has 0 radical (unpaired) electrons. The molecule has 1 saturated carbocycles. The van der Waals surface area contributed by atoms with E-state index in [4.69, 9.17) is 5.26 Å². The smallest absolute Gasteiger partial charge is 0.0665 e. The third-order valence-corrected chi connectivity index (χ3v) is 4.34. The molecule has 0 heterocycles. The van der Waals surface area contributed by atoms with Gasteiger partial charge in [-0.2, -0.15) is 5.26 Å². The SMILES string of the molecule is Cc1ccc2c(c1)[C@@]1(CC2)CC[C@H]1C#N. The lowest BCUT2D eigenvalue weighted by atomic mass is 9.57. The Labute approximate surface area is 90.7 Å². The summed E-state index contributed by atoms with van der Waals surface area (Å²) in [5.74, 6) is 0.278. The second-order valence-electron chi connectivity index (χ2n) is 5.04. The maximum absolute atomic E-state index is 9.16. The largest absolute Gasteiger partial charge is 0.198 e. The van der Waals surface area contributed by atoms with Gasteiger partial charge in [-0.15, -0.1) is 0 Å². The number of rotatable bonds is 0. The lowest BCUT2D eigenvalue weighted by Crippen LogP contribution is -2.41. The molecule has 1 aromatic rings. The van der Waals surface area contributed by atoms with Gasteiger partial charge in [0.05, 0.1) is 12.0 Å². The zero-order valence-corrected chi connectivity index (χ0v) is 9.09. The molecular weight excluding hydrogens is 182 g/mol. The molecule has 0 amide bonds. The molecule has 76 valence electrons. The van der Waals surface area contributed by atoms with Gasteiger partial charge in [0.2, 0.25) is 0 Å². The van der Waals surface area contributed by atoms with E-state index in [0.717, 1.165) is 6.42 Å². The van der Waals surface area contributed by atoms with Gasteiger partial charge in [0.15, 0.2) is 0 Å². The first kappa shape index (κ1) is 8.97. The van der Waals surface area contributed by atoms with Gasteiger partial charge in [-0.1, -0.05) is 23.8 Å². The van der Waals surface area contributed by atoms with Gasteiger partial charge in [0.1, 0.15) is 0 Å². The van der Waals surface area contributed by atoms with E-state index < -0.39 is 0 Å². The molecule has 2 atom stereocenters. The number of nitrogens with zero attached hydrogens (tertiary/aromatic N) is 1. The first-order valence-electron chi connectivity index (χ1n) is 5.76. The van der Waals surface area contributed by atoms with Crippen LogP contribution in [0.1, 0.15) is 36.0 Å². The van der Waals surface area contributed by atoms with Gasteiger partial charge in [0.25, 0.3) is 0 Å². The summed E-state index contributed by atoms with van der Waals surface area (Å²) >= 11 is 0. The van der Waals surface area contributed by atoms with Crippen LogP contribution in [-0.2, 0) is 11.8 Å². The molecule has 2 aliphatic rings. The molecule has 3 rings (SSSR count). The van der Waals surface area contributed by atoms with Crippen molar-refractivity contribution in [2.45, 2.75) is 38.0 Å². The topological polar surface area (TPSA) is 23.8 Å². The normalized spacial score (nSPS) is 32.1. The number of nitriles is 1. The van der Waals surface area contributed by atoms with Gasteiger partial charge in [-0.05, 0) is 43.7 Å². The van der Waals surface area contributed by atoms with Crippen molar-refractivity contribution in [3.8, 4) is 6.07 Å². The predicted octanol–water partition coefficient (Wildman–Crippen LogP) is 3.11. The van der Waals surface area contributed by atoms with Crippen molar-refractivity contribution >= 4 is 0 Å². The quantitative estimate of drug-likeness (QED) is 0.627. The van der Waals surface area contributed by atoms with E-state index in [1.54, 1.807) is 0 Å². The number of hydrogen-bond acceptors (Lipinski definition) is 1. The molecule has 0 saturated heterocycles. The van der Waals surface area contributed by atoms with Crippen LogP contribution in [0.25, 0.3) is 0 Å². The lowest BCUT2D eigenvalue weighted by Gasteiger charge is -2.44. The molecule has 0 bridgehead atoms. The minimum absolute atomic E-state index is 0.246. The van der Waals surface area contributed by atoms with Gasteiger partial charge >= 0.3 is 0 Å².